The summed E-state index contributed by atoms with van der Waals surface area (Å²) in [6, 6.07) is 0. The van der Waals surface area contributed by atoms with Gasteiger partial charge in [0.05, 0.1) is 0 Å². The first-order valence-electron chi connectivity index (χ1n) is 7.10. The Labute approximate surface area is 109 Å². The topological polar surface area (TPSA) is 0 Å². The van der Waals surface area contributed by atoms with E-state index in [1.54, 1.807) is 11.1 Å². The molecule has 0 rings (SSSR count). The average Bonchev–Trinajstić information content (AvgIpc) is 2.33. The minimum atomic E-state index is 0.711. The molecule has 0 saturated heterocycles. The Morgan fingerprint density at radius 1 is 1.12 bits per heavy atom. The molecule has 0 saturated carbocycles. The SMILES string of the molecule is CC=CC(C)CCC=CCC(CC)=C(C)CC. The van der Waals surface area contributed by atoms with Crippen LogP contribution in [0.15, 0.2) is 35.5 Å². The van der Waals surface area contributed by atoms with Crippen LogP contribution in [0.4, 0.5) is 0 Å². The first-order valence-corrected chi connectivity index (χ1v) is 7.10. The van der Waals surface area contributed by atoms with E-state index in [0.717, 1.165) is 6.42 Å². The van der Waals surface area contributed by atoms with E-state index in [1.165, 1.54) is 25.7 Å². The second kappa shape index (κ2) is 10.4. The molecule has 0 aliphatic carbocycles. The molecule has 0 aromatic rings. The minimum absolute atomic E-state index is 0.711. The zero-order valence-electron chi connectivity index (χ0n) is 12.4. The lowest BCUT2D eigenvalue weighted by molar-refractivity contribution is 0.656. The van der Waals surface area contributed by atoms with Crippen LogP contribution in [0.5, 0.6) is 0 Å². The van der Waals surface area contributed by atoms with Gasteiger partial charge in [0.1, 0.15) is 0 Å². The van der Waals surface area contributed by atoms with Crippen LogP contribution in [0.25, 0.3) is 0 Å². The molecule has 0 aromatic carbocycles. The molecule has 0 radical (unpaired) electrons. The van der Waals surface area contributed by atoms with Gasteiger partial charge in [0.15, 0.2) is 0 Å². The summed E-state index contributed by atoms with van der Waals surface area (Å²) in [7, 11) is 0. The van der Waals surface area contributed by atoms with Gasteiger partial charge in [0.25, 0.3) is 0 Å². The molecule has 0 fully saturated rings. The Balaban J connectivity index is 3.95. The van der Waals surface area contributed by atoms with Gasteiger partial charge in [-0.1, -0.05) is 56.2 Å². The van der Waals surface area contributed by atoms with Crippen LogP contribution in [0.1, 0.15) is 66.7 Å². The Morgan fingerprint density at radius 2 is 1.82 bits per heavy atom. The Kier molecular flexibility index (Phi) is 9.90. The van der Waals surface area contributed by atoms with Gasteiger partial charge >= 0.3 is 0 Å². The normalized spacial score (nSPS) is 15.6. The van der Waals surface area contributed by atoms with E-state index in [1.807, 2.05) is 0 Å². The van der Waals surface area contributed by atoms with E-state index < -0.39 is 0 Å². The summed E-state index contributed by atoms with van der Waals surface area (Å²) >= 11 is 0. The fraction of sp³-hybridized carbons (Fsp3) is 0.647. The third-order valence-electron chi connectivity index (χ3n) is 3.40. The molecule has 1 atom stereocenters. The van der Waals surface area contributed by atoms with E-state index in [9.17, 15) is 0 Å². The first kappa shape index (κ1) is 16.2. The number of hydrogen-bond donors (Lipinski definition) is 0. The predicted octanol–water partition coefficient (Wildman–Crippen LogP) is 6.06. The second-order valence-corrected chi connectivity index (χ2v) is 4.85. The molecular formula is C17H30. The van der Waals surface area contributed by atoms with Gasteiger partial charge in [-0.3, -0.25) is 0 Å². The van der Waals surface area contributed by atoms with Crippen molar-refractivity contribution < 1.29 is 0 Å². The van der Waals surface area contributed by atoms with Crippen LogP contribution < -0.4 is 0 Å². The van der Waals surface area contributed by atoms with Crippen LogP contribution in [0.3, 0.4) is 0 Å². The monoisotopic (exact) mass is 234 g/mol. The second-order valence-electron chi connectivity index (χ2n) is 4.85. The molecule has 17 heavy (non-hydrogen) atoms. The van der Waals surface area contributed by atoms with E-state index >= 15 is 0 Å². The van der Waals surface area contributed by atoms with Crippen molar-refractivity contribution in [3.05, 3.63) is 35.5 Å². The molecule has 98 valence electrons. The third-order valence-corrected chi connectivity index (χ3v) is 3.40. The maximum atomic E-state index is 2.35. The van der Waals surface area contributed by atoms with Crippen LogP contribution in [0.2, 0.25) is 0 Å². The quantitative estimate of drug-likeness (QED) is 0.448. The lowest BCUT2D eigenvalue weighted by Gasteiger charge is -2.06. The van der Waals surface area contributed by atoms with E-state index in [0.29, 0.717) is 5.92 Å². The van der Waals surface area contributed by atoms with Crippen LogP contribution in [-0.2, 0) is 0 Å². The molecule has 0 heteroatoms. The lowest BCUT2D eigenvalue weighted by atomic mass is 10.0. The summed E-state index contributed by atoms with van der Waals surface area (Å²) in [6.45, 7) is 11.1. The van der Waals surface area contributed by atoms with Crippen molar-refractivity contribution in [2.45, 2.75) is 66.7 Å². The third kappa shape index (κ3) is 8.01. The van der Waals surface area contributed by atoms with Crippen LogP contribution in [-0.4, -0.2) is 0 Å². The van der Waals surface area contributed by atoms with Gasteiger partial charge in [0.2, 0.25) is 0 Å². The minimum Gasteiger partial charge on any atom is -0.0914 e. The highest BCUT2D eigenvalue weighted by Crippen LogP contribution is 2.16. The molecule has 0 heterocycles. The number of hydrogen-bond acceptors (Lipinski definition) is 0. The van der Waals surface area contributed by atoms with Crippen LogP contribution >= 0.6 is 0 Å². The summed E-state index contributed by atoms with van der Waals surface area (Å²) in [6.07, 6.45) is 15.1. The highest BCUT2D eigenvalue weighted by Gasteiger charge is 1.97. The van der Waals surface area contributed by atoms with Crippen molar-refractivity contribution >= 4 is 0 Å². The van der Waals surface area contributed by atoms with Gasteiger partial charge in [-0.25, -0.2) is 0 Å². The number of rotatable bonds is 8. The van der Waals surface area contributed by atoms with Crippen molar-refractivity contribution in [3.63, 3.8) is 0 Å². The standard InChI is InChI=1S/C17H30/c1-6-12-15(4)13-10-9-11-14-17(8-3)16(5)7-2/h6,9,11-12,15H,7-8,10,13-14H2,1-5H3. The molecular weight excluding hydrogens is 204 g/mol. The Hall–Kier alpha value is -0.780. The van der Waals surface area contributed by atoms with Crippen LogP contribution in [0, 0.1) is 5.92 Å². The Bertz CT molecular complexity index is 266. The van der Waals surface area contributed by atoms with E-state index in [-0.39, 0.29) is 0 Å². The molecule has 0 amide bonds. The van der Waals surface area contributed by atoms with Crippen molar-refractivity contribution in [3.8, 4) is 0 Å². The Morgan fingerprint density at radius 3 is 2.35 bits per heavy atom. The van der Waals surface area contributed by atoms with E-state index in [4.69, 9.17) is 0 Å². The molecule has 0 aromatic heterocycles. The largest absolute Gasteiger partial charge is 0.0914 e. The summed E-state index contributed by atoms with van der Waals surface area (Å²) in [5.74, 6) is 0.711. The zero-order valence-corrected chi connectivity index (χ0v) is 12.4. The molecule has 0 aliphatic heterocycles. The lowest BCUT2D eigenvalue weighted by Crippen LogP contribution is -1.88. The molecule has 0 aliphatic rings. The number of allylic oxidation sites excluding steroid dienone is 6. The van der Waals surface area contributed by atoms with Gasteiger partial charge in [-0.15, -0.1) is 0 Å². The zero-order chi connectivity index (χ0) is 13.1. The van der Waals surface area contributed by atoms with Crippen molar-refractivity contribution in [1.29, 1.82) is 0 Å². The van der Waals surface area contributed by atoms with Crippen molar-refractivity contribution in [1.82, 2.24) is 0 Å². The maximum Gasteiger partial charge on any atom is -0.0136 e. The molecule has 0 spiro atoms. The van der Waals surface area contributed by atoms with E-state index in [2.05, 4.69) is 58.9 Å². The summed E-state index contributed by atoms with van der Waals surface area (Å²) in [5.41, 5.74) is 3.18. The summed E-state index contributed by atoms with van der Waals surface area (Å²) in [4.78, 5) is 0. The van der Waals surface area contributed by atoms with Gasteiger partial charge in [0, 0.05) is 0 Å². The van der Waals surface area contributed by atoms with Gasteiger partial charge < -0.3 is 0 Å². The average molecular weight is 234 g/mol. The van der Waals surface area contributed by atoms with Crippen molar-refractivity contribution in [2.75, 3.05) is 0 Å². The van der Waals surface area contributed by atoms with Crippen molar-refractivity contribution in [2.24, 2.45) is 5.92 Å². The molecule has 0 nitrogen and oxygen atoms in total. The molecule has 1 unspecified atom stereocenters. The molecule has 0 bridgehead atoms. The highest BCUT2D eigenvalue weighted by atomic mass is 14.0. The summed E-state index contributed by atoms with van der Waals surface area (Å²) in [5, 5.41) is 0. The van der Waals surface area contributed by atoms with Gasteiger partial charge in [-0.2, -0.15) is 0 Å². The van der Waals surface area contributed by atoms with Gasteiger partial charge in [-0.05, 0) is 51.9 Å². The predicted molar refractivity (Wildman–Crippen MR) is 80.3 cm³/mol. The smallest absolute Gasteiger partial charge is 0.0136 e. The summed E-state index contributed by atoms with van der Waals surface area (Å²) < 4.78 is 0. The highest BCUT2D eigenvalue weighted by molar-refractivity contribution is 5.14. The molecule has 0 N–H and O–H groups in total. The fourth-order valence-electron chi connectivity index (χ4n) is 2.00. The fourth-order valence-corrected chi connectivity index (χ4v) is 2.00. The first-order chi connectivity index (χ1) is 8.15. The maximum absolute atomic E-state index is 2.35.